The summed E-state index contributed by atoms with van der Waals surface area (Å²) < 4.78 is 10.5. The highest BCUT2D eigenvalue weighted by Gasteiger charge is 2.11. The summed E-state index contributed by atoms with van der Waals surface area (Å²) in [5.41, 5.74) is 1.61. The first-order valence-electron chi connectivity index (χ1n) is 9.59. The lowest BCUT2D eigenvalue weighted by atomic mass is 10.1. The Labute approximate surface area is 174 Å². The molecule has 0 aliphatic heterocycles. The van der Waals surface area contributed by atoms with Gasteiger partial charge in [0.25, 0.3) is 5.56 Å². The largest absolute Gasteiger partial charge is 0.497 e. The first-order valence-corrected chi connectivity index (χ1v) is 9.59. The number of rotatable bonds is 9. The number of aromatic nitrogens is 3. The summed E-state index contributed by atoms with van der Waals surface area (Å²) in [5.74, 6) is 1.31. The van der Waals surface area contributed by atoms with E-state index in [1.54, 1.807) is 32.4 Å². The fourth-order valence-corrected chi connectivity index (χ4v) is 2.91. The van der Waals surface area contributed by atoms with Crippen molar-refractivity contribution in [1.29, 1.82) is 0 Å². The van der Waals surface area contributed by atoms with Crippen LogP contribution in [0.15, 0.2) is 53.3 Å². The lowest BCUT2D eigenvalue weighted by Crippen LogP contribution is -2.27. The Bertz CT molecular complexity index is 1030. The topological polar surface area (TPSA) is 106 Å². The lowest BCUT2D eigenvalue weighted by molar-refractivity contribution is -0.121. The standard InChI is InChI=1S/C22H24N4O4/c1-29-17-12-16(13-18(14-17)30-2)21-24-22(28)19(25-26-21)8-9-20(27)23-11-10-15-6-4-3-5-7-15/h3-7,12-14H,8-11H2,1-2H3,(H,23,27)(H,24,26,28). The summed E-state index contributed by atoms with van der Waals surface area (Å²) in [6.45, 7) is 0.543. The highest BCUT2D eigenvalue weighted by atomic mass is 16.5. The van der Waals surface area contributed by atoms with Crippen molar-refractivity contribution in [3.8, 4) is 22.9 Å². The molecule has 30 heavy (non-hydrogen) atoms. The van der Waals surface area contributed by atoms with Crippen LogP contribution in [0.25, 0.3) is 11.4 Å². The van der Waals surface area contributed by atoms with E-state index in [4.69, 9.17) is 9.47 Å². The predicted molar refractivity (Wildman–Crippen MR) is 113 cm³/mol. The molecule has 2 N–H and O–H groups in total. The summed E-state index contributed by atoms with van der Waals surface area (Å²) in [7, 11) is 3.09. The van der Waals surface area contributed by atoms with Crippen LogP contribution in [-0.4, -0.2) is 41.9 Å². The number of methoxy groups -OCH3 is 2. The van der Waals surface area contributed by atoms with Crippen molar-refractivity contribution >= 4 is 5.91 Å². The van der Waals surface area contributed by atoms with Crippen molar-refractivity contribution < 1.29 is 14.3 Å². The van der Waals surface area contributed by atoms with E-state index in [0.717, 1.165) is 12.0 Å². The average Bonchev–Trinajstić information content (AvgIpc) is 2.78. The molecule has 3 rings (SSSR count). The number of ether oxygens (including phenoxy) is 2. The zero-order chi connectivity index (χ0) is 21.3. The number of H-pyrrole nitrogens is 1. The second kappa shape index (κ2) is 10.2. The zero-order valence-corrected chi connectivity index (χ0v) is 17.0. The maximum atomic E-state index is 12.4. The van der Waals surface area contributed by atoms with Gasteiger partial charge in [-0.05, 0) is 24.1 Å². The van der Waals surface area contributed by atoms with Crippen molar-refractivity contribution in [3.63, 3.8) is 0 Å². The molecule has 1 heterocycles. The molecular weight excluding hydrogens is 384 g/mol. The van der Waals surface area contributed by atoms with Gasteiger partial charge in [-0.3, -0.25) is 9.59 Å². The fourth-order valence-electron chi connectivity index (χ4n) is 2.91. The van der Waals surface area contributed by atoms with Crippen LogP contribution in [0.3, 0.4) is 0 Å². The van der Waals surface area contributed by atoms with Crippen molar-refractivity contribution in [3.05, 3.63) is 70.1 Å². The number of aromatic amines is 1. The molecule has 0 saturated carbocycles. The van der Waals surface area contributed by atoms with Crippen LogP contribution in [-0.2, 0) is 17.6 Å². The van der Waals surface area contributed by atoms with E-state index in [-0.39, 0.29) is 30.0 Å². The number of carbonyl (C=O) groups is 1. The van der Waals surface area contributed by atoms with Crippen LogP contribution >= 0.6 is 0 Å². The maximum Gasteiger partial charge on any atom is 0.273 e. The Balaban J connectivity index is 1.58. The molecule has 0 bridgehead atoms. The van der Waals surface area contributed by atoms with E-state index in [2.05, 4.69) is 20.5 Å². The maximum absolute atomic E-state index is 12.4. The van der Waals surface area contributed by atoms with Crippen LogP contribution in [0.1, 0.15) is 17.7 Å². The number of hydrogen-bond acceptors (Lipinski definition) is 6. The van der Waals surface area contributed by atoms with Gasteiger partial charge < -0.3 is 19.8 Å². The van der Waals surface area contributed by atoms with Gasteiger partial charge in [0.05, 0.1) is 14.2 Å². The van der Waals surface area contributed by atoms with Crippen LogP contribution in [0.2, 0.25) is 0 Å². The Morgan fingerprint density at radius 3 is 2.33 bits per heavy atom. The Morgan fingerprint density at radius 1 is 1.00 bits per heavy atom. The second-order valence-corrected chi connectivity index (χ2v) is 6.64. The van der Waals surface area contributed by atoms with Crippen molar-refractivity contribution in [2.75, 3.05) is 20.8 Å². The summed E-state index contributed by atoms with van der Waals surface area (Å²) >= 11 is 0. The molecule has 0 radical (unpaired) electrons. The van der Waals surface area contributed by atoms with Gasteiger partial charge in [-0.15, -0.1) is 10.2 Å². The van der Waals surface area contributed by atoms with Gasteiger partial charge in [0.2, 0.25) is 5.91 Å². The molecule has 0 unspecified atom stereocenters. The normalized spacial score (nSPS) is 10.5. The molecule has 0 atom stereocenters. The molecule has 0 aliphatic carbocycles. The molecular formula is C22H24N4O4. The summed E-state index contributed by atoms with van der Waals surface area (Å²) in [5, 5.41) is 11.0. The average molecular weight is 408 g/mol. The molecule has 0 aliphatic rings. The molecule has 8 nitrogen and oxygen atoms in total. The number of hydrogen-bond donors (Lipinski definition) is 2. The van der Waals surface area contributed by atoms with Crippen molar-refractivity contribution in [1.82, 2.24) is 20.5 Å². The minimum Gasteiger partial charge on any atom is -0.497 e. The number of aryl methyl sites for hydroxylation is 1. The Hall–Kier alpha value is -3.68. The third kappa shape index (κ3) is 5.66. The number of nitrogens with one attached hydrogen (secondary N) is 2. The Morgan fingerprint density at radius 2 is 1.70 bits per heavy atom. The van der Waals surface area contributed by atoms with E-state index in [1.165, 1.54) is 0 Å². The Kier molecular flexibility index (Phi) is 7.15. The van der Waals surface area contributed by atoms with E-state index in [1.807, 2.05) is 30.3 Å². The number of benzene rings is 2. The molecule has 0 saturated heterocycles. The van der Waals surface area contributed by atoms with Crippen molar-refractivity contribution in [2.24, 2.45) is 0 Å². The van der Waals surface area contributed by atoms with Gasteiger partial charge in [-0.25, -0.2) is 0 Å². The van der Waals surface area contributed by atoms with E-state index in [0.29, 0.717) is 29.4 Å². The van der Waals surface area contributed by atoms with Gasteiger partial charge in [-0.1, -0.05) is 30.3 Å². The van der Waals surface area contributed by atoms with Gasteiger partial charge >= 0.3 is 0 Å². The fraction of sp³-hybridized carbons (Fsp3) is 0.273. The van der Waals surface area contributed by atoms with Crippen LogP contribution in [0, 0.1) is 0 Å². The van der Waals surface area contributed by atoms with Gasteiger partial charge in [0.15, 0.2) is 5.82 Å². The number of carbonyl (C=O) groups excluding carboxylic acids is 1. The van der Waals surface area contributed by atoms with E-state index in [9.17, 15) is 9.59 Å². The molecule has 8 heteroatoms. The predicted octanol–water partition coefficient (Wildman–Crippen LogP) is 2.14. The SMILES string of the molecule is COc1cc(OC)cc(-c2nnc(CCC(=O)NCCc3ccccc3)c(=O)[nH]2)c1. The monoisotopic (exact) mass is 408 g/mol. The second-order valence-electron chi connectivity index (χ2n) is 6.64. The summed E-state index contributed by atoms with van der Waals surface area (Å²) in [6, 6.07) is 15.1. The van der Waals surface area contributed by atoms with E-state index >= 15 is 0 Å². The van der Waals surface area contributed by atoms with Gasteiger partial charge in [-0.2, -0.15) is 0 Å². The lowest BCUT2D eigenvalue weighted by Gasteiger charge is -2.08. The molecule has 0 fully saturated rings. The highest BCUT2D eigenvalue weighted by molar-refractivity contribution is 5.76. The smallest absolute Gasteiger partial charge is 0.273 e. The molecule has 1 amide bonds. The van der Waals surface area contributed by atoms with Crippen molar-refractivity contribution in [2.45, 2.75) is 19.3 Å². The minimum absolute atomic E-state index is 0.131. The molecule has 2 aromatic carbocycles. The van der Waals surface area contributed by atoms with Gasteiger partial charge in [0, 0.05) is 31.0 Å². The summed E-state index contributed by atoms with van der Waals surface area (Å²) in [6.07, 6.45) is 1.13. The van der Waals surface area contributed by atoms with Crippen LogP contribution in [0.4, 0.5) is 0 Å². The van der Waals surface area contributed by atoms with Gasteiger partial charge in [0.1, 0.15) is 17.2 Å². The highest BCUT2D eigenvalue weighted by Crippen LogP contribution is 2.27. The number of nitrogens with zero attached hydrogens (tertiary/aromatic N) is 2. The van der Waals surface area contributed by atoms with E-state index < -0.39 is 0 Å². The zero-order valence-electron chi connectivity index (χ0n) is 17.0. The summed E-state index contributed by atoms with van der Waals surface area (Å²) in [4.78, 5) is 27.1. The molecule has 0 spiro atoms. The van der Waals surface area contributed by atoms with Crippen LogP contribution in [0.5, 0.6) is 11.5 Å². The minimum atomic E-state index is -0.376. The first kappa shape index (κ1) is 21.0. The third-order valence-electron chi connectivity index (χ3n) is 4.56. The first-order chi connectivity index (χ1) is 14.6. The number of amides is 1. The molecule has 3 aromatic rings. The van der Waals surface area contributed by atoms with Crippen LogP contribution < -0.4 is 20.3 Å². The quantitative estimate of drug-likeness (QED) is 0.562. The third-order valence-corrected chi connectivity index (χ3v) is 4.56. The molecule has 1 aromatic heterocycles. The molecule has 156 valence electrons.